The first-order chi connectivity index (χ1) is 10.7. The maximum atomic E-state index is 12.0. The minimum absolute atomic E-state index is 0.287. The van der Waals surface area contributed by atoms with Crippen molar-refractivity contribution >= 4 is 5.91 Å². The molecule has 3 rings (SSSR count). The zero-order chi connectivity index (χ0) is 15.5. The second kappa shape index (κ2) is 6.32. The van der Waals surface area contributed by atoms with Gasteiger partial charge in [0.25, 0.3) is 0 Å². The molecule has 1 fully saturated rings. The fraction of sp³-hybridized carbons (Fsp3) is 0.412. The van der Waals surface area contributed by atoms with Gasteiger partial charge >= 0.3 is 0 Å². The predicted octanol–water partition coefficient (Wildman–Crippen LogP) is 1.99. The summed E-state index contributed by atoms with van der Waals surface area (Å²) in [7, 11) is 0. The van der Waals surface area contributed by atoms with Gasteiger partial charge in [0.05, 0.1) is 6.33 Å². The summed E-state index contributed by atoms with van der Waals surface area (Å²) in [5, 5.41) is 0. The van der Waals surface area contributed by atoms with E-state index in [-0.39, 0.29) is 11.9 Å². The van der Waals surface area contributed by atoms with Gasteiger partial charge < -0.3 is 10.3 Å². The molecule has 3 atom stereocenters. The summed E-state index contributed by atoms with van der Waals surface area (Å²) >= 11 is 0. The Morgan fingerprint density at radius 2 is 2.14 bits per heavy atom. The van der Waals surface area contributed by atoms with Crippen molar-refractivity contribution in [3.8, 4) is 0 Å². The third kappa shape index (κ3) is 2.90. The van der Waals surface area contributed by atoms with Gasteiger partial charge in [-0.05, 0) is 24.4 Å². The van der Waals surface area contributed by atoms with Gasteiger partial charge in [0, 0.05) is 25.0 Å². The van der Waals surface area contributed by atoms with Gasteiger partial charge in [-0.25, -0.2) is 4.98 Å². The largest absolute Gasteiger partial charge is 0.368 e. The molecule has 2 heterocycles. The molecule has 0 spiro atoms. The van der Waals surface area contributed by atoms with Crippen molar-refractivity contribution in [1.82, 2.24) is 14.5 Å². The lowest BCUT2D eigenvalue weighted by Gasteiger charge is -2.40. The number of hydrogen-bond acceptors (Lipinski definition) is 3. The van der Waals surface area contributed by atoms with Crippen molar-refractivity contribution in [3.63, 3.8) is 0 Å². The molecule has 1 saturated heterocycles. The summed E-state index contributed by atoms with van der Waals surface area (Å²) in [4.78, 5) is 18.4. The minimum atomic E-state index is -0.361. The summed E-state index contributed by atoms with van der Waals surface area (Å²) < 4.78 is 2.14. The van der Waals surface area contributed by atoms with Crippen LogP contribution in [-0.4, -0.2) is 33.4 Å². The lowest BCUT2D eigenvalue weighted by Crippen LogP contribution is -2.46. The Labute approximate surface area is 130 Å². The van der Waals surface area contributed by atoms with Crippen LogP contribution in [0, 0.1) is 5.92 Å². The number of nitrogens with zero attached hydrogens (tertiary/aromatic N) is 3. The molecule has 1 aromatic heterocycles. The van der Waals surface area contributed by atoms with Crippen molar-refractivity contribution < 1.29 is 4.79 Å². The SMILES string of the molecule is CC1CCN(C(C(N)=O)c2ccccc2)CC1n1ccnc1. The van der Waals surface area contributed by atoms with Crippen LogP contribution in [0.4, 0.5) is 0 Å². The molecule has 2 aromatic rings. The van der Waals surface area contributed by atoms with Crippen LogP contribution < -0.4 is 5.73 Å². The second-order valence-corrected chi connectivity index (χ2v) is 6.05. The molecule has 22 heavy (non-hydrogen) atoms. The number of hydrogen-bond donors (Lipinski definition) is 1. The molecule has 0 saturated carbocycles. The van der Waals surface area contributed by atoms with E-state index in [1.165, 1.54) is 0 Å². The average molecular weight is 298 g/mol. The molecule has 3 unspecified atom stereocenters. The van der Waals surface area contributed by atoms with Crippen LogP contribution in [0.5, 0.6) is 0 Å². The molecule has 0 aliphatic carbocycles. The third-order valence-electron chi connectivity index (χ3n) is 4.61. The summed E-state index contributed by atoms with van der Waals surface area (Å²) in [5.74, 6) is 0.264. The highest BCUT2D eigenvalue weighted by Crippen LogP contribution is 2.32. The van der Waals surface area contributed by atoms with E-state index in [2.05, 4.69) is 21.4 Å². The molecule has 1 aromatic carbocycles. The van der Waals surface area contributed by atoms with Gasteiger partial charge in [0.2, 0.25) is 5.91 Å². The summed E-state index contributed by atoms with van der Waals surface area (Å²) in [6, 6.07) is 9.76. The number of aromatic nitrogens is 2. The Kier molecular flexibility index (Phi) is 4.24. The Morgan fingerprint density at radius 3 is 2.77 bits per heavy atom. The zero-order valence-electron chi connectivity index (χ0n) is 12.8. The van der Waals surface area contributed by atoms with E-state index in [1.807, 2.05) is 42.9 Å². The normalized spacial score (nSPS) is 24.0. The van der Waals surface area contributed by atoms with Crippen molar-refractivity contribution in [2.45, 2.75) is 25.4 Å². The standard InChI is InChI=1S/C17H22N4O/c1-13-7-9-20(11-15(13)21-10-8-19-12-21)16(17(18)22)14-5-3-2-4-6-14/h2-6,8,10,12-13,15-16H,7,9,11H2,1H3,(H2,18,22). The van der Waals surface area contributed by atoms with Crippen LogP contribution in [0.25, 0.3) is 0 Å². The van der Waals surface area contributed by atoms with Crippen LogP contribution in [-0.2, 0) is 4.79 Å². The van der Waals surface area contributed by atoms with E-state index in [9.17, 15) is 4.79 Å². The van der Waals surface area contributed by atoms with Crippen LogP contribution >= 0.6 is 0 Å². The fourth-order valence-corrected chi connectivity index (χ4v) is 3.35. The zero-order valence-corrected chi connectivity index (χ0v) is 12.8. The Morgan fingerprint density at radius 1 is 1.36 bits per heavy atom. The quantitative estimate of drug-likeness (QED) is 0.939. The number of nitrogens with two attached hydrogens (primary N) is 1. The highest BCUT2D eigenvalue weighted by atomic mass is 16.1. The van der Waals surface area contributed by atoms with Crippen LogP contribution in [0.3, 0.4) is 0 Å². The molecule has 2 N–H and O–H groups in total. The number of amides is 1. The van der Waals surface area contributed by atoms with Crippen molar-refractivity contribution in [2.75, 3.05) is 13.1 Å². The molecular weight excluding hydrogens is 276 g/mol. The van der Waals surface area contributed by atoms with E-state index in [1.54, 1.807) is 6.20 Å². The number of carbonyl (C=O) groups excluding carboxylic acids is 1. The molecule has 116 valence electrons. The second-order valence-electron chi connectivity index (χ2n) is 6.05. The maximum Gasteiger partial charge on any atom is 0.239 e. The molecule has 1 aliphatic rings. The van der Waals surface area contributed by atoms with E-state index in [4.69, 9.17) is 5.73 Å². The van der Waals surface area contributed by atoms with Crippen LogP contribution in [0.1, 0.15) is 31.0 Å². The van der Waals surface area contributed by atoms with Crippen LogP contribution in [0.15, 0.2) is 49.1 Å². The Balaban J connectivity index is 1.85. The summed E-state index contributed by atoms with van der Waals surface area (Å²) in [6.45, 7) is 3.94. The van der Waals surface area contributed by atoms with Gasteiger partial charge in [-0.3, -0.25) is 9.69 Å². The van der Waals surface area contributed by atoms with Gasteiger partial charge in [0.15, 0.2) is 0 Å². The monoisotopic (exact) mass is 298 g/mol. The van der Waals surface area contributed by atoms with Gasteiger partial charge in [-0.15, -0.1) is 0 Å². The lowest BCUT2D eigenvalue weighted by atomic mass is 9.91. The topological polar surface area (TPSA) is 64.2 Å². The average Bonchev–Trinajstić information content (AvgIpc) is 3.04. The van der Waals surface area contributed by atoms with E-state index >= 15 is 0 Å². The summed E-state index contributed by atoms with van der Waals surface area (Å²) in [5.41, 5.74) is 6.67. The number of piperidine rings is 1. The maximum absolute atomic E-state index is 12.0. The molecule has 5 nitrogen and oxygen atoms in total. The number of carbonyl (C=O) groups is 1. The van der Waals surface area contributed by atoms with E-state index < -0.39 is 0 Å². The van der Waals surface area contributed by atoms with Crippen molar-refractivity contribution in [3.05, 3.63) is 54.6 Å². The van der Waals surface area contributed by atoms with E-state index in [0.29, 0.717) is 12.0 Å². The number of likely N-dealkylation sites (tertiary alicyclic amines) is 1. The lowest BCUT2D eigenvalue weighted by molar-refractivity contribution is -0.124. The minimum Gasteiger partial charge on any atom is -0.368 e. The highest BCUT2D eigenvalue weighted by molar-refractivity contribution is 5.81. The molecule has 5 heteroatoms. The van der Waals surface area contributed by atoms with Crippen LogP contribution in [0.2, 0.25) is 0 Å². The van der Waals surface area contributed by atoms with Gasteiger partial charge in [0.1, 0.15) is 6.04 Å². The molecular formula is C17H22N4O. The number of benzene rings is 1. The summed E-state index contributed by atoms with van der Waals surface area (Å²) in [6.07, 6.45) is 6.69. The predicted molar refractivity (Wildman–Crippen MR) is 85.0 cm³/mol. The molecule has 1 aliphatic heterocycles. The van der Waals surface area contributed by atoms with Crippen molar-refractivity contribution in [2.24, 2.45) is 11.7 Å². The number of primary amides is 1. The molecule has 1 amide bonds. The third-order valence-corrected chi connectivity index (χ3v) is 4.61. The number of imidazole rings is 1. The first-order valence-electron chi connectivity index (χ1n) is 7.72. The smallest absolute Gasteiger partial charge is 0.239 e. The highest BCUT2D eigenvalue weighted by Gasteiger charge is 2.34. The first kappa shape index (κ1) is 14.8. The Bertz CT molecular complexity index is 611. The van der Waals surface area contributed by atoms with Crippen molar-refractivity contribution in [1.29, 1.82) is 0 Å². The molecule has 0 bridgehead atoms. The fourth-order valence-electron chi connectivity index (χ4n) is 3.35. The van der Waals surface area contributed by atoms with Gasteiger partial charge in [-0.2, -0.15) is 0 Å². The Hall–Kier alpha value is -2.14. The first-order valence-corrected chi connectivity index (χ1v) is 7.72. The van der Waals surface area contributed by atoms with E-state index in [0.717, 1.165) is 25.1 Å². The number of rotatable bonds is 4. The molecule has 0 radical (unpaired) electrons. The van der Waals surface area contributed by atoms with Gasteiger partial charge in [-0.1, -0.05) is 37.3 Å².